The summed E-state index contributed by atoms with van der Waals surface area (Å²) in [7, 11) is 2.05. The summed E-state index contributed by atoms with van der Waals surface area (Å²) in [6.07, 6.45) is 5.47. The monoisotopic (exact) mass is 335 g/mol. The molecule has 0 amide bonds. The van der Waals surface area contributed by atoms with Gasteiger partial charge in [-0.05, 0) is 26.7 Å². The summed E-state index contributed by atoms with van der Waals surface area (Å²) in [6.45, 7) is 6.99. The molecule has 1 aliphatic rings. The molecule has 124 valence electrons. The molecule has 1 saturated heterocycles. The van der Waals surface area contributed by atoms with Crippen LogP contribution in [-0.2, 0) is 6.54 Å². The van der Waals surface area contributed by atoms with Crippen LogP contribution in [0.2, 0.25) is 5.02 Å². The molecular formula is C16H22ClN5O. The van der Waals surface area contributed by atoms with Gasteiger partial charge in [0.25, 0.3) is 0 Å². The lowest BCUT2D eigenvalue weighted by atomic mass is 10.0. The van der Waals surface area contributed by atoms with Gasteiger partial charge in [0.1, 0.15) is 5.76 Å². The highest BCUT2D eigenvalue weighted by Crippen LogP contribution is 2.22. The van der Waals surface area contributed by atoms with E-state index in [0.717, 1.165) is 49.9 Å². The fourth-order valence-corrected chi connectivity index (χ4v) is 3.16. The molecule has 1 aliphatic heterocycles. The van der Waals surface area contributed by atoms with Crippen LogP contribution in [0.15, 0.2) is 16.9 Å². The smallest absolute Gasteiger partial charge is 0.225 e. The number of piperidine rings is 1. The van der Waals surface area contributed by atoms with Gasteiger partial charge >= 0.3 is 0 Å². The van der Waals surface area contributed by atoms with Crippen LogP contribution in [0.25, 0.3) is 0 Å². The lowest BCUT2D eigenvalue weighted by molar-refractivity contribution is 0.201. The minimum atomic E-state index is 0.456. The van der Waals surface area contributed by atoms with Crippen LogP contribution in [0.5, 0.6) is 0 Å². The van der Waals surface area contributed by atoms with Crippen molar-refractivity contribution in [1.82, 2.24) is 20.0 Å². The Bertz CT molecular complexity index is 629. The number of halogens is 1. The molecule has 3 heterocycles. The summed E-state index contributed by atoms with van der Waals surface area (Å²) >= 11 is 5.85. The van der Waals surface area contributed by atoms with E-state index in [1.54, 1.807) is 12.4 Å². The topological polar surface area (TPSA) is 58.3 Å². The number of aryl methyl sites for hydroxylation is 2. The Labute approximate surface area is 141 Å². The Morgan fingerprint density at radius 2 is 1.91 bits per heavy atom. The zero-order chi connectivity index (χ0) is 16.4. The Morgan fingerprint density at radius 1 is 1.26 bits per heavy atom. The minimum Gasteiger partial charge on any atom is -0.361 e. The van der Waals surface area contributed by atoms with Gasteiger partial charge in [0.2, 0.25) is 5.95 Å². The fourth-order valence-electron chi connectivity index (χ4n) is 3.07. The molecule has 0 bridgehead atoms. The first-order valence-corrected chi connectivity index (χ1v) is 8.27. The predicted molar refractivity (Wildman–Crippen MR) is 89.7 cm³/mol. The maximum Gasteiger partial charge on any atom is 0.225 e. The molecule has 2 aromatic rings. The van der Waals surface area contributed by atoms with Crippen molar-refractivity contribution in [3.8, 4) is 0 Å². The highest BCUT2D eigenvalue weighted by atomic mass is 35.5. The summed E-state index contributed by atoms with van der Waals surface area (Å²) in [5.74, 6) is 1.66. The Morgan fingerprint density at radius 3 is 2.48 bits per heavy atom. The first-order valence-electron chi connectivity index (χ1n) is 7.89. The average molecular weight is 336 g/mol. The molecule has 6 nitrogen and oxygen atoms in total. The van der Waals surface area contributed by atoms with Gasteiger partial charge in [0.05, 0.1) is 23.1 Å². The standard InChI is InChI=1S/C16H22ClN5O/c1-11-15(12(2)23-20-11)10-22-6-4-14(5-7-22)21(3)16-18-8-13(17)9-19-16/h8-9,14H,4-7,10H2,1-3H3. The van der Waals surface area contributed by atoms with Crippen molar-refractivity contribution in [2.45, 2.75) is 39.3 Å². The van der Waals surface area contributed by atoms with Gasteiger partial charge < -0.3 is 9.42 Å². The molecule has 1 fully saturated rings. The first-order chi connectivity index (χ1) is 11.0. The summed E-state index contributed by atoms with van der Waals surface area (Å²) in [6, 6.07) is 0.456. The van der Waals surface area contributed by atoms with Crippen molar-refractivity contribution in [2.75, 3.05) is 25.0 Å². The van der Waals surface area contributed by atoms with Gasteiger partial charge in [-0.1, -0.05) is 16.8 Å². The maximum absolute atomic E-state index is 5.85. The van der Waals surface area contributed by atoms with E-state index in [2.05, 4.69) is 32.0 Å². The quantitative estimate of drug-likeness (QED) is 0.856. The molecule has 0 aromatic carbocycles. The molecular weight excluding hydrogens is 314 g/mol. The van der Waals surface area contributed by atoms with Crippen LogP contribution >= 0.6 is 11.6 Å². The lowest BCUT2D eigenvalue weighted by Gasteiger charge is -2.36. The van der Waals surface area contributed by atoms with Gasteiger partial charge in [0, 0.05) is 38.3 Å². The van der Waals surface area contributed by atoms with Crippen LogP contribution < -0.4 is 4.90 Å². The van der Waals surface area contributed by atoms with Crippen LogP contribution in [0.4, 0.5) is 5.95 Å². The zero-order valence-electron chi connectivity index (χ0n) is 13.8. The van der Waals surface area contributed by atoms with Crippen molar-refractivity contribution >= 4 is 17.5 Å². The number of hydrogen-bond donors (Lipinski definition) is 0. The highest BCUT2D eigenvalue weighted by molar-refractivity contribution is 6.30. The van der Waals surface area contributed by atoms with Gasteiger partial charge in [-0.2, -0.15) is 0 Å². The molecule has 0 saturated carbocycles. The van der Waals surface area contributed by atoms with Crippen LogP contribution in [-0.4, -0.2) is 46.2 Å². The lowest BCUT2D eigenvalue weighted by Crippen LogP contribution is -2.43. The SMILES string of the molecule is Cc1noc(C)c1CN1CCC(N(C)c2ncc(Cl)cn2)CC1. The van der Waals surface area contributed by atoms with Crippen LogP contribution in [0, 0.1) is 13.8 Å². The number of nitrogens with zero attached hydrogens (tertiary/aromatic N) is 5. The second-order valence-electron chi connectivity index (χ2n) is 6.12. The number of aromatic nitrogens is 3. The molecule has 2 aromatic heterocycles. The number of hydrogen-bond acceptors (Lipinski definition) is 6. The molecule has 7 heteroatoms. The summed E-state index contributed by atoms with van der Waals surface area (Å²) in [4.78, 5) is 13.2. The van der Waals surface area contributed by atoms with Gasteiger partial charge in [-0.15, -0.1) is 0 Å². The number of rotatable bonds is 4. The zero-order valence-corrected chi connectivity index (χ0v) is 14.5. The Balaban J connectivity index is 1.57. The van der Waals surface area contributed by atoms with Gasteiger partial charge in [-0.25, -0.2) is 9.97 Å². The normalized spacial score (nSPS) is 16.7. The predicted octanol–water partition coefficient (Wildman–Crippen LogP) is 2.84. The summed E-state index contributed by atoms with van der Waals surface area (Å²) < 4.78 is 5.25. The van der Waals surface area contributed by atoms with Crippen molar-refractivity contribution in [1.29, 1.82) is 0 Å². The second kappa shape index (κ2) is 6.84. The molecule has 0 radical (unpaired) electrons. The van der Waals surface area contributed by atoms with E-state index < -0.39 is 0 Å². The summed E-state index contributed by atoms with van der Waals surface area (Å²) in [5, 5.41) is 4.60. The molecule has 0 unspecified atom stereocenters. The third-order valence-corrected chi connectivity index (χ3v) is 4.79. The van der Waals surface area contributed by atoms with Crippen molar-refractivity contribution in [3.05, 3.63) is 34.4 Å². The number of anilines is 1. The van der Waals surface area contributed by atoms with E-state index in [9.17, 15) is 0 Å². The largest absolute Gasteiger partial charge is 0.361 e. The third kappa shape index (κ3) is 3.64. The van der Waals surface area contributed by atoms with Crippen LogP contribution in [0.1, 0.15) is 29.9 Å². The average Bonchev–Trinajstić information content (AvgIpc) is 2.87. The van der Waals surface area contributed by atoms with Gasteiger partial charge in [-0.3, -0.25) is 4.90 Å². The van der Waals surface area contributed by atoms with Gasteiger partial charge in [0.15, 0.2) is 0 Å². The fraction of sp³-hybridized carbons (Fsp3) is 0.562. The third-order valence-electron chi connectivity index (χ3n) is 4.59. The molecule has 3 rings (SSSR count). The Kier molecular flexibility index (Phi) is 4.82. The van der Waals surface area contributed by atoms with E-state index in [4.69, 9.17) is 16.1 Å². The number of likely N-dealkylation sites (tertiary alicyclic amines) is 1. The van der Waals surface area contributed by atoms with E-state index in [1.165, 1.54) is 5.56 Å². The van der Waals surface area contributed by atoms with Crippen molar-refractivity contribution in [2.24, 2.45) is 0 Å². The molecule has 23 heavy (non-hydrogen) atoms. The maximum atomic E-state index is 5.85. The summed E-state index contributed by atoms with van der Waals surface area (Å²) in [5.41, 5.74) is 2.22. The van der Waals surface area contributed by atoms with E-state index >= 15 is 0 Å². The molecule has 0 aliphatic carbocycles. The van der Waals surface area contributed by atoms with Crippen molar-refractivity contribution < 1.29 is 4.52 Å². The minimum absolute atomic E-state index is 0.456. The Hall–Kier alpha value is -1.66. The first kappa shape index (κ1) is 16.2. The highest BCUT2D eigenvalue weighted by Gasteiger charge is 2.25. The van der Waals surface area contributed by atoms with E-state index in [-0.39, 0.29) is 0 Å². The van der Waals surface area contributed by atoms with E-state index in [1.807, 2.05) is 13.8 Å². The molecule has 0 atom stereocenters. The van der Waals surface area contributed by atoms with Crippen LogP contribution in [0.3, 0.4) is 0 Å². The van der Waals surface area contributed by atoms with E-state index in [0.29, 0.717) is 11.1 Å². The molecule has 0 spiro atoms. The second-order valence-corrected chi connectivity index (χ2v) is 6.56. The van der Waals surface area contributed by atoms with Crippen molar-refractivity contribution in [3.63, 3.8) is 0 Å². The molecule has 0 N–H and O–H groups in total.